The van der Waals surface area contributed by atoms with E-state index in [0.717, 1.165) is 18.5 Å². The van der Waals surface area contributed by atoms with E-state index in [1.807, 2.05) is 12.1 Å². The van der Waals surface area contributed by atoms with Crippen LogP contribution >= 0.6 is 0 Å². The van der Waals surface area contributed by atoms with Gasteiger partial charge in [0, 0.05) is 19.2 Å². The van der Waals surface area contributed by atoms with Crippen LogP contribution in [0.5, 0.6) is 0 Å². The molecule has 0 spiro atoms. The highest BCUT2D eigenvalue weighted by atomic mass is 16.4. The number of hydrogen-bond acceptors (Lipinski definition) is 3. The van der Waals surface area contributed by atoms with Crippen molar-refractivity contribution in [2.24, 2.45) is 0 Å². The molecule has 1 aliphatic rings. The molecule has 1 aromatic rings. The summed E-state index contributed by atoms with van der Waals surface area (Å²) in [6, 6.07) is 5.17. The molecule has 20 heavy (non-hydrogen) atoms. The summed E-state index contributed by atoms with van der Waals surface area (Å²) in [5.74, 6) is -1.37. The SMILES string of the molecule is CC(=O)NC(CNc1cccc2c1CCCC2)C(=O)O. The summed E-state index contributed by atoms with van der Waals surface area (Å²) in [5, 5.41) is 14.7. The Morgan fingerprint density at radius 2 is 2.05 bits per heavy atom. The van der Waals surface area contributed by atoms with E-state index in [1.165, 1.54) is 30.9 Å². The van der Waals surface area contributed by atoms with E-state index in [-0.39, 0.29) is 12.5 Å². The van der Waals surface area contributed by atoms with Gasteiger partial charge in [-0.3, -0.25) is 4.79 Å². The van der Waals surface area contributed by atoms with Crippen molar-refractivity contribution in [3.8, 4) is 0 Å². The summed E-state index contributed by atoms with van der Waals surface area (Å²) in [7, 11) is 0. The van der Waals surface area contributed by atoms with E-state index in [9.17, 15) is 9.59 Å². The number of carboxylic acid groups (broad SMARTS) is 1. The predicted molar refractivity (Wildman–Crippen MR) is 76.8 cm³/mol. The van der Waals surface area contributed by atoms with E-state index in [4.69, 9.17) is 5.11 Å². The molecule has 108 valence electrons. The molecule has 0 fully saturated rings. The average molecular weight is 276 g/mol. The summed E-state index contributed by atoms with van der Waals surface area (Å²) in [5.41, 5.74) is 3.61. The molecular weight excluding hydrogens is 256 g/mol. The third kappa shape index (κ3) is 3.50. The van der Waals surface area contributed by atoms with Gasteiger partial charge in [0.25, 0.3) is 0 Å². The number of aliphatic carboxylic acids is 1. The van der Waals surface area contributed by atoms with Crippen LogP contribution in [0.15, 0.2) is 18.2 Å². The van der Waals surface area contributed by atoms with Crippen LogP contribution in [-0.2, 0) is 22.4 Å². The van der Waals surface area contributed by atoms with E-state index in [1.54, 1.807) is 0 Å². The molecule has 0 saturated carbocycles. The first-order chi connectivity index (χ1) is 9.58. The topological polar surface area (TPSA) is 78.4 Å². The predicted octanol–water partition coefficient (Wildman–Crippen LogP) is 1.57. The second-order valence-corrected chi connectivity index (χ2v) is 5.12. The molecule has 0 aliphatic heterocycles. The molecule has 5 heteroatoms. The molecule has 5 nitrogen and oxygen atoms in total. The summed E-state index contributed by atoms with van der Waals surface area (Å²) < 4.78 is 0. The molecule has 0 heterocycles. The summed E-state index contributed by atoms with van der Waals surface area (Å²) in [6.45, 7) is 1.51. The zero-order valence-electron chi connectivity index (χ0n) is 11.6. The van der Waals surface area contributed by atoms with Gasteiger partial charge < -0.3 is 15.7 Å². The molecule has 0 radical (unpaired) electrons. The minimum Gasteiger partial charge on any atom is -0.480 e. The van der Waals surface area contributed by atoms with Crippen LogP contribution in [-0.4, -0.2) is 29.6 Å². The van der Waals surface area contributed by atoms with Gasteiger partial charge in [-0.05, 0) is 42.9 Å². The van der Waals surface area contributed by atoms with Crippen molar-refractivity contribution in [2.45, 2.75) is 38.6 Å². The lowest BCUT2D eigenvalue weighted by Gasteiger charge is -2.21. The van der Waals surface area contributed by atoms with Crippen LogP contribution in [0.25, 0.3) is 0 Å². The molecule has 2 rings (SSSR count). The van der Waals surface area contributed by atoms with Crippen molar-refractivity contribution in [2.75, 3.05) is 11.9 Å². The second kappa shape index (κ2) is 6.41. The standard InChI is InChI=1S/C15H20N2O3/c1-10(18)17-14(15(19)20)9-16-13-8-4-6-11-5-2-3-7-12(11)13/h4,6,8,14,16H,2-3,5,7,9H2,1H3,(H,17,18)(H,19,20). The number of carbonyl (C=O) groups is 2. The number of fused-ring (bicyclic) bond motifs is 1. The number of amides is 1. The summed E-state index contributed by atoms with van der Waals surface area (Å²) in [4.78, 5) is 22.1. The van der Waals surface area contributed by atoms with Gasteiger partial charge in [-0.2, -0.15) is 0 Å². The van der Waals surface area contributed by atoms with Gasteiger partial charge in [0.15, 0.2) is 0 Å². The number of anilines is 1. The van der Waals surface area contributed by atoms with Crippen LogP contribution in [0, 0.1) is 0 Å². The van der Waals surface area contributed by atoms with E-state index in [2.05, 4.69) is 16.7 Å². The fourth-order valence-electron chi connectivity index (χ4n) is 2.60. The minimum atomic E-state index is -1.03. The number of hydrogen-bond donors (Lipinski definition) is 3. The Hall–Kier alpha value is -2.04. The molecule has 1 unspecified atom stereocenters. The van der Waals surface area contributed by atoms with E-state index >= 15 is 0 Å². The Labute approximate surface area is 118 Å². The zero-order valence-corrected chi connectivity index (χ0v) is 11.6. The van der Waals surface area contributed by atoms with Crippen LogP contribution in [0.2, 0.25) is 0 Å². The smallest absolute Gasteiger partial charge is 0.328 e. The van der Waals surface area contributed by atoms with Gasteiger partial charge in [0.05, 0.1) is 0 Å². The first kappa shape index (κ1) is 14.4. The van der Waals surface area contributed by atoms with Gasteiger partial charge in [-0.1, -0.05) is 12.1 Å². The van der Waals surface area contributed by atoms with Crippen LogP contribution < -0.4 is 10.6 Å². The number of carboxylic acids is 1. The maximum Gasteiger partial charge on any atom is 0.328 e. The zero-order chi connectivity index (χ0) is 14.5. The summed E-state index contributed by atoms with van der Waals surface area (Å²) >= 11 is 0. The molecule has 1 amide bonds. The highest BCUT2D eigenvalue weighted by Gasteiger charge is 2.19. The number of rotatable bonds is 5. The lowest BCUT2D eigenvalue weighted by Crippen LogP contribution is -2.44. The number of aryl methyl sites for hydroxylation is 1. The number of nitrogens with one attached hydrogen (secondary N) is 2. The molecule has 1 atom stereocenters. The molecule has 0 saturated heterocycles. The van der Waals surface area contributed by atoms with Crippen molar-refractivity contribution in [1.29, 1.82) is 0 Å². The van der Waals surface area contributed by atoms with Gasteiger partial charge in [0.2, 0.25) is 5.91 Å². The van der Waals surface area contributed by atoms with Gasteiger partial charge in [0.1, 0.15) is 6.04 Å². The highest BCUT2D eigenvalue weighted by molar-refractivity contribution is 5.82. The lowest BCUT2D eigenvalue weighted by atomic mass is 9.90. The Morgan fingerprint density at radius 3 is 2.75 bits per heavy atom. The average Bonchev–Trinajstić information content (AvgIpc) is 2.42. The largest absolute Gasteiger partial charge is 0.480 e. The fourth-order valence-corrected chi connectivity index (χ4v) is 2.60. The van der Waals surface area contributed by atoms with E-state index in [0.29, 0.717) is 0 Å². The third-order valence-electron chi connectivity index (χ3n) is 3.57. The van der Waals surface area contributed by atoms with Gasteiger partial charge in [-0.15, -0.1) is 0 Å². The molecule has 0 bridgehead atoms. The molecule has 0 aromatic heterocycles. The Bertz CT molecular complexity index is 514. The van der Waals surface area contributed by atoms with E-state index < -0.39 is 12.0 Å². The van der Waals surface area contributed by atoms with Crippen LogP contribution in [0.1, 0.15) is 30.9 Å². The molecule has 1 aliphatic carbocycles. The molecule has 3 N–H and O–H groups in total. The van der Waals surface area contributed by atoms with Crippen LogP contribution in [0.3, 0.4) is 0 Å². The Morgan fingerprint density at radius 1 is 1.30 bits per heavy atom. The maximum atomic E-state index is 11.1. The van der Waals surface area contributed by atoms with Crippen molar-refractivity contribution in [3.05, 3.63) is 29.3 Å². The third-order valence-corrected chi connectivity index (χ3v) is 3.57. The van der Waals surface area contributed by atoms with Crippen molar-refractivity contribution in [1.82, 2.24) is 5.32 Å². The molecular formula is C15H20N2O3. The number of carbonyl (C=O) groups excluding carboxylic acids is 1. The second-order valence-electron chi connectivity index (χ2n) is 5.12. The quantitative estimate of drug-likeness (QED) is 0.762. The van der Waals surface area contributed by atoms with Crippen molar-refractivity contribution < 1.29 is 14.7 Å². The fraction of sp³-hybridized carbons (Fsp3) is 0.467. The summed E-state index contributed by atoms with van der Waals surface area (Å²) in [6.07, 6.45) is 4.48. The number of benzene rings is 1. The first-order valence-electron chi connectivity index (χ1n) is 6.92. The monoisotopic (exact) mass is 276 g/mol. The first-order valence-corrected chi connectivity index (χ1v) is 6.92. The molecule has 1 aromatic carbocycles. The van der Waals surface area contributed by atoms with Crippen molar-refractivity contribution in [3.63, 3.8) is 0 Å². The highest BCUT2D eigenvalue weighted by Crippen LogP contribution is 2.27. The Kier molecular flexibility index (Phi) is 4.61. The lowest BCUT2D eigenvalue weighted by molar-refractivity contribution is -0.141. The minimum absolute atomic E-state index is 0.186. The normalized spacial score (nSPS) is 15.1. The van der Waals surface area contributed by atoms with Gasteiger partial charge in [-0.25, -0.2) is 4.79 Å². The van der Waals surface area contributed by atoms with Crippen molar-refractivity contribution >= 4 is 17.6 Å². The Balaban J connectivity index is 2.06. The maximum absolute atomic E-state index is 11.1. The van der Waals surface area contributed by atoms with Crippen LogP contribution in [0.4, 0.5) is 5.69 Å². The van der Waals surface area contributed by atoms with Gasteiger partial charge >= 0.3 is 5.97 Å².